The minimum atomic E-state index is 0.0129. The summed E-state index contributed by atoms with van der Waals surface area (Å²) in [5.74, 6) is 0.563. The minimum absolute atomic E-state index is 0.0129. The minimum Gasteiger partial charge on any atom is -0.363 e. The molecule has 1 aliphatic rings. The van der Waals surface area contributed by atoms with Gasteiger partial charge in [0.2, 0.25) is 5.91 Å². The zero-order valence-corrected chi connectivity index (χ0v) is 7.12. The van der Waals surface area contributed by atoms with Crippen LogP contribution in [0.2, 0.25) is 0 Å². The Kier molecular flexibility index (Phi) is 2.27. The third-order valence-electron chi connectivity index (χ3n) is 2.12. The summed E-state index contributed by atoms with van der Waals surface area (Å²) in [5, 5.41) is 9.41. The van der Waals surface area contributed by atoms with Gasteiger partial charge in [-0.3, -0.25) is 4.79 Å². The predicted molar refractivity (Wildman–Crippen MR) is 46.1 cm³/mol. The first-order valence-electron chi connectivity index (χ1n) is 4.28. The number of hydrogen-bond donors (Lipinski definition) is 2. The lowest BCUT2D eigenvalue weighted by atomic mass is 10.1. The van der Waals surface area contributed by atoms with Crippen LogP contribution in [-0.4, -0.2) is 24.2 Å². The Labute approximate surface area is 75.5 Å². The first kappa shape index (κ1) is 8.25. The Morgan fingerprint density at radius 2 is 2.69 bits per heavy atom. The molecule has 0 spiro atoms. The van der Waals surface area contributed by atoms with Crippen molar-refractivity contribution in [2.24, 2.45) is 5.92 Å². The van der Waals surface area contributed by atoms with E-state index >= 15 is 0 Å². The van der Waals surface area contributed by atoms with E-state index in [2.05, 4.69) is 20.3 Å². The van der Waals surface area contributed by atoms with Crippen molar-refractivity contribution in [1.82, 2.24) is 10.5 Å². The zero-order valence-electron chi connectivity index (χ0n) is 7.12. The van der Waals surface area contributed by atoms with Crippen molar-refractivity contribution in [2.45, 2.75) is 6.42 Å². The van der Waals surface area contributed by atoms with Crippen LogP contribution in [-0.2, 0) is 4.79 Å². The monoisotopic (exact) mass is 181 g/mol. The van der Waals surface area contributed by atoms with Crippen LogP contribution in [0.25, 0.3) is 0 Å². The van der Waals surface area contributed by atoms with Gasteiger partial charge in [-0.1, -0.05) is 5.16 Å². The summed E-state index contributed by atoms with van der Waals surface area (Å²) < 4.78 is 4.60. The SMILES string of the molecule is O=C(Nc1ccon1)C1CCNC1. The van der Waals surface area contributed by atoms with Crippen LogP contribution in [0.4, 0.5) is 5.82 Å². The van der Waals surface area contributed by atoms with Gasteiger partial charge in [0.25, 0.3) is 0 Å². The highest BCUT2D eigenvalue weighted by molar-refractivity contribution is 5.91. The molecule has 1 aromatic heterocycles. The van der Waals surface area contributed by atoms with Crippen molar-refractivity contribution in [3.63, 3.8) is 0 Å². The van der Waals surface area contributed by atoms with E-state index in [1.807, 2.05) is 0 Å². The molecule has 0 radical (unpaired) electrons. The summed E-state index contributed by atoms with van der Waals surface area (Å²) in [7, 11) is 0. The fourth-order valence-electron chi connectivity index (χ4n) is 1.38. The Balaban J connectivity index is 1.91. The molecular formula is C8H11N3O2. The maximum Gasteiger partial charge on any atom is 0.230 e. The largest absolute Gasteiger partial charge is 0.363 e. The molecule has 2 heterocycles. The lowest BCUT2D eigenvalue weighted by Gasteiger charge is -2.06. The molecule has 0 aromatic carbocycles. The van der Waals surface area contributed by atoms with E-state index < -0.39 is 0 Å². The number of nitrogens with one attached hydrogen (secondary N) is 2. The van der Waals surface area contributed by atoms with Gasteiger partial charge in [-0.2, -0.15) is 0 Å². The number of carbonyl (C=O) groups excluding carboxylic acids is 1. The highest BCUT2D eigenvalue weighted by atomic mass is 16.5. The average molecular weight is 181 g/mol. The number of anilines is 1. The van der Waals surface area contributed by atoms with Crippen LogP contribution in [0.15, 0.2) is 16.9 Å². The summed E-state index contributed by atoms with van der Waals surface area (Å²) >= 11 is 0. The fraction of sp³-hybridized carbons (Fsp3) is 0.500. The van der Waals surface area contributed by atoms with E-state index in [0.29, 0.717) is 5.82 Å². The van der Waals surface area contributed by atoms with Gasteiger partial charge >= 0.3 is 0 Å². The fourth-order valence-corrected chi connectivity index (χ4v) is 1.38. The van der Waals surface area contributed by atoms with Crippen molar-refractivity contribution in [3.8, 4) is 0 Å². The van der Waals surface area contributed by atoms with E-state index in [4.69, 9.17) is 0 Å². The molecule has 1 amide bonds. The summed E-state index contributed by atoms with van der Waals surface area (Å²) in [6.07, 6.45) is 2.33. The molecule has 13 heavy (non-hydrogen) atoms. The topological polar surface area (TPSA) is 67.2 Å². The molecule has 1 aliphatic heterocycles. The molecule has 1 saturated heterocycles. The number of hydrogen-bond acceptors (Lipinski definition) is 4. The maximum absolute atomic E-state index is 11.5. The van der Waals surface area contributed by atoms with Gasteiger partial charge in [-0.05, 0) is 13.0 Å². The number of aromatic nitrogens is 1. The van der Waals surface area contributed by atoms with Gasteiger partial charge in [-0.25, -0.2) is 0 Å². The number of carbonyl (C=O) groups is 1. The molecule has 2 rings (SSSR count). The highest BCUT2D eigenvalue weighted by Crippen LogP contribution is 2.10. The Morgan fingerprint density at radius 3 is 3.31 bits per heavy atom. The lowest BCUT2D eigenvalue weighted by Crippen LogP contribution is -2.24. The standard InChI is InChI=1S/C8H11N3O2/c12-8(6-1-3-9-5-6)10-7-2-4-13-11-7/h2,4,6,9H,1,3,5H2,(H,10,11,12). The quantitative estimate of drug-likeness (QED) is 0.685. The van der Waals surface area contributed by atoms with E-state index in [-0.39, 0.29) is 11.8 Å². The van der Waals surface area contributed by atoms with Gasteiger partial charge in [0.05, 0.1) is 5.92 Å². The molecule has 0 saturated carbocycles. The molecule has 0 aliphatic carbocycles. The highest BCUT2D eigenvalue weighted by Gasteiger charge is 2.22. The van der Waals surface area contributed by atoms with Crippen LogP contribution in [0.1, 0.15) is 6.42 Å². The van der Waals surface area contributed by atoms with E-state index in [1.165, 1.54) is 6.26 Å². The summed E-state index contributed by atoms with van der Waals surface area (Å²) in [6.45, 7) is 1.67. The Hall–Kier alpha value is -1.36. The summed E-state index contributed by atoms with van der Waals surface area (Å²) in [6, 6.07) is 1.63. The Bertz CT molecular complexity index is 278. The van der Waals surface area contributed by atoms with E-state index in [0.717, 1.165) is 19.5 Å². The molecule has 0 bridgehead atoms. The molecule has 1 fully saturated rings. The van der Waals surface area contributed by atoms with Crippen LogP contribution in [0, 0.1) is 5.92 Å². The van der Waals surface area contributed by atoms with Crippen molar-refractivity contribution in [2.75, 3.05) is 18.4 Å². The molecular weight excluding hydrogens is 170 g/mol. The second kappa shape index (κ2) is 3.57. The zero-order chi connectivity index (χ0) is 9.10. The number of rotatable bonds is 2. The molecule has 1 aromatic rings. The molecule has 5 nitrogen and oxygen atoms in total. The van der Waals surface area contributed by atoms with Crippen molar-refractivity contribution in [3.05, 3.63) is 12.3 Å². The molecule has 5 heteroatoms. The Morgan fingerprint density at radius 1 is 1.77 bits per heavy atom. The molecule has 2 N–H and O–H groups in total. The van der Waals surface area contributed by atoms with Crippen molar-refractivity contribution < 1.29 is 9.32 Å². The van der Waals surface area contributed by atoms with Crippen molar-refractivity contribution >= 4 is 11.7 Å². The van der Waals surface area contributed by atoms with Crippen LogP contribution < -0.4 is 10.6 Å². The van der Waals surface area contributed by atoms with E-state index in [9.17, 15) is 4.79 Å². The van der Waals surface area contributed by atoms with Crippen molar-refractivity contribution in [1.29, 1.82) is 0 Å². The van der Waals surface area contributed by atoms with Crippen LogP contribution in [0.5, 0.6) is 0 Å². The van der Waals surface area contributed by atoms with Gasteiger partial charge in [0, 0.05) is 12.6 Å². The van der Waals surface area contributed by atoms with E-state index in [1.54, 1.807) is 6.07 Å². The first-order chi connectivity index (χ1) is 6.36. The molecule has 1 unspecified atom stereocenters. The van der Waals surface area contributed by atoms with Gasteiger partial charge in [-0.15, -0.1) is 0 Å². The number of nitrogens with zero attached hydrogens (tertiary/aromatic N) is 1. The second-order valence-electron chi connectivity index (χ2n) is 3.06. The maximum atomic E-state index is 11.5. The molecule has 70 valence electrons. The average Bonchev–Trinajstić information content (AvgIpc) is 2.74. The van der Waals surface area contributed by atoms with Crippen LogP contribution in [0.3, 0.4) is 0 Å². The van der Waals surface area contributed by atoms with Crippen LogP contribution >= 0.6 is 0 Å². The second-order valence-corrected chi connectivity index (χ2v) is 3.06. The normalized spacial score (nSPS) is 21.7. The summed E-state index contributed by atoms with van der Waals surface area (Å²) in [5.41, 5.74) is 0. The van der Waals surface area contributed by atoms with Gasteiger partial charge < -0.3 is 15.2 Å². The third kappa shape index (κ3) is 1.86. The van der Waals surface area contributed by atoms with Gasteiger partial charge in [0.15, 0.2) is 5.82 Å². The lowest BCUT2D eigenvalue weighted by molar-refractivity contribution is -0.119. The van der Waals surface area contributed by atoms with Gasteiger partial charge in [0.1, 0.15) is 6.26 Å². The summed E-state index contributed by atoms with van der Waals surface area (Å²) in [4.78, 5) is 11.5. The smallest absolute Gasteiger partial charge is 0.230 e. The predicted octanol–water partition coefficient (Wildman–Crippen LogP) is 0.223. The molecule has 1 atom stereocenters. The first-order valence-corrected chi connectivity index (χ1v) is 4.28. The number of amides is 1. The third-order valence-corrected chi connectivity index (χ3v) is 2.12.